The van der Waals surface area contributed by atoms with Crippen LogP contribution in [0.25, 0.3) is 11.5 Å². The van der Waals surface area contributed by atoms with Crippen LogP contribution in [0, 0.1) is 0 Å². The first-order valence-corrected chi connectivity index (χ1v) is 12.6. The lowest BCUT2D eigenvalue weighted by Crippen LogP contribution is -2.71. The Labute approximate surface area is 216 Å². The highest BCUT2D eigenvalue weighted by molar-refractivity contribution is 8.00. The lowest BCUT2D eigenvalue weighted by atomic mass is 10.0. The van der Waals surface area contributed by atoms with Gasteiger partial charge in [-0.2, -0.15) is 0 Å². The smallest absolute Gasteiger partial charge is 0.352 e. The number of nitrogen functional groups attached to an aromatic ring is 1. The van der Waals surface area contributed by atoms with Crippen LogP contribution in [0.2, 0.25) is 0 Å². The number of aromatic nitrogens is 4. The number of anilines is 1. The summed E-state index contributed by atoms with van der Waals surface area (Å²) in [6.07, 6.45) is 4.74. The van der Waals surface area contributed by atoms with Crippen LogP contribution in [-0.2, 0) is 25.8 Å². The molecule has 14 nitrogen and oxygen atoms in total. The van der Waals surface area contributed by atoms with E-state index >= 15 is 0 Å². The van der Waals surface area contributed by atoms with Gasteiger partial charge in [-0.25, -0.2) is 14.3 Å². The molecule has 0 unspecified atom stereocenters. The van der Waals surface area contributed by atoms with E-state index < -0.39 is 29.2 Å². The molecule has 0 bridgehead atoms. The number of thioether (sulfide) groups is 1. The molecule has 0 spiro atoms. The zero-order chi connectivity index (χ0) is 26.1. The zero-order valence-electron chi connectivity index (χ0n) is 19.1. The number of oxime groups is 1. The van der Waals surface area contributed by atoms with Gasteiger partial charge < -0.3 is 25.4 Å². The first-order valence-electron chi connectivity index (χ1n) is 10.7. The third-order valence-electron chi connectivity index (χ3n) is 5.54. The Balaban J connectivity index is 1.35. The number of nitrogens with zero attached hydrogens (tertiary/aromatic N) is 6. The number of carbonyl (C=O) groups excluding carboxylic acids is 2. The molecule has 0 radical (unpaired) electrons. The number of amides is 2. The standard InChI is InChI=1S/C21H18N8O6S2/c1-34-27-13(12-8-37-21(22)24-12)16(30)25-14-18(31)29-15(20(32)33)11(7-36-19(14)29)6-28-4-2-3-10(5-28)17-26-23-9-35-17/h2-5,8-9,14,19H,6-7H2,1H3,(H3-,22,24,25,30,32,33)/p+1/b27-13-/t14-,19+/m1/s1. The lowest BCUT2D eigenvalue weighted by molar-refractivity contribution is -0.688. The Hall–Kier alpha value is -4.31. The van der Waals surface area contributed by atoms with Gasteiger partial charge in [-0.3, -0.25) is 14.5 Å². The summed E-state index contributed by atoms with van der Waals surface area (Å²) in [4.78, 5) is 48.1. The predicted octanol–water partition coefficient (Wildman–Crippen LogP) is -0.148. The van der Waals surface area contributed by atoms with Gasteiger partial charge in [-0.05, 0) is 6.07 Å². The van der Waals surface area contributed by atoms with Crippen molar-refractivity contribution in [1.29, 1.82) is 0 Å². The maximum Gasteiger partial charge on any atom is 0.352 e. The van der Waals surface area contributed by atoms with Crippen molar-refractivity contribution >= 4 is 51.7 Å². The summed E-state index contributed by atoms with van der Waals surface area (Å²) in [7, 11) is 1.28. The highest BCUT2D eigenvalue weighted by Gasteiger charge is 2.54. The Morgan fingerprint density at radius 3 is 2.97 bits per heavy atom. The van der Waals surface area contributed by atoms with Gasteiger partial charge >= 0.3 is 5.97 Å². The number of hydrogen-bond donors (Lipinski definition) is 3. The Kier molecular flexibility index (Phi) is 6.58. The minimum atomic E-state index is -1.23. The molecule has 1 fully saturated rings. The molecule has 4 N–H and O–H groups in total. The van der Waals surface area contributed by atoms with E-state index in [1.165, 1.54) is 30.2 Å². The third kappa shape index (κ3) is 4.63. The molecule has 190 valence electrons. The molecule has 3 aromatic heterocycles. The number of carboxylic acids is 1. The number of pyridine rings is 1. The fourth-order valence-electron chi connectivity index (χ4n) is 3.97. The van der Waals surface area contributed by atoms with Gasteiger partial charge in [0.25, 0.3) is 17.7 Å². The molecule has 5 heterocycles. The van der Waals surface area contributed by atoms with E-state index in [-0.39, 0.29) is 28.8 Å². The summed E-state index contributed by atoms with van der Waals surface area (Å²) in [6.45, 7) is 0.222. The predicted molar refractivity (Wildman–Crippen MR) is 130 cm³/mol. The molecule has 0 aromatic carbocycles. The quantitative estimate of drug-likeness (QED) is 0.148. The average molecular weight is 544 g/mol. The van der Waals surface area contributed by atoms with Gasteiger partial charge in [0.05, 0.1) is 0 Å². The molecular formula is C21H19N8O6S2+. The van der Waals surface area contributed by atoms with Crippen molar-refractivity contribution in [3.8, 4) is 11.5 Å². The van der Waals surface area contributed by atoms with Gasteiger partial charge in [0.15, 0.2) is 29.8 Å². The third-order valence-corrected chi connectivity index (χ3v) is 7.55. The maximum atomic E-state index is 13.0. The number of rotatable bonds is 8. The summed E-state index contributed by atoms with van der Waals surface area (Å²) in [5.41, 5.74) is 6.81. The van der Waals surface area contributed by atoms with Crippen LogP contribution in [0.1, 0.15) is 5.69 Å². The van der Waals surface area contributed by atoms with Crippen LogP contribution in [0.5, 0.6) is 0 Å². The van der Waals surface area contributed by atoms with Crippen molar-refractivity contribution in [2.24, 2.45) is 5.16 Å². The first kappa shape index (κ1) is 24.4. The SMILES string of the molecule is CO/N=C(\C(=O)N[C@@H]1C(=O)N2C(C(=O)O)=C(C[n+]3cccc(-c4nnco4)c3)CS[C@@H]12)c1csc(N)n1. The molecule has 2 aliphatic rings. The van der Waals surface area contributed by atoms with Crippen LogP contribution < -0.4 is 15.6 Å². The van der Waals surface area contributed by atoms with Gasteiger partial charge in [0.2, 0.25) is 6.39 Å². The van der Waals surface area contributed by atoms with Crippen molar-refractivity contribution < 1.29 is 33.3 Å². The summed E-state index contributed by atoms with van der Waals surface area (Å²) < 4.78 is 7.00. The largest absolute Gasteiger partial charge is 0.477 e. The van der Waals surface area contributed by atoms with Crippen molar-refractivity contribution in [2.45, 2.75) is 18.0 Å². The fourth-order valence-corrected chi connectivity index (χ4v) is 5.86. The number of β-lactam (4-membered cyclic amide) rings is 1. The summed E-state index contributed by atoms with van der Waals surface area (Å²) in [5.74, 6) is -1.80. The zero-order valence-corrected chi connectivity index (χ0v) is 20.7. The number of thiazole rings is 1. The summed E-state index contributed by atoms with van der Waals surface area (Å²) in [5, 5.41) is 25.0. The second-order valence-electron chi connectivity index (χ2n) is 7.82. The molecule has 2 amide bonds. The van der Waals surface area contributed by atoms with Crippen molar-refractivity contribution in [3.63, 3.8) is 0 Å². The second-order valence-corrected chi connectivity index (χ2v) is 9.82. The number of nitrogens with one attached hydrogen (secondary N) is 1. The highest BCUT2D eigenvalue weighted by atomic mass is 32.2. The summed E-state index contributed by atoms with van der Waals surface area (Å²) in [6, 6.07) is 2.62. The highest BCUT2D eigenvalue weighted by Crippen LogP contribution is 2.40. The van der Waals surface area contributed by atoms with Crippen LogP contribution >= 0.6 is 23.1 Å². The van der Waals surface area contributed by atoms with Crippen molar-refractivity contribution in [3.05, 3.63) is 53.3 Å². The maximum absolute atomic E-state index is 13.0. The number of carboxylic acid groups (broad SMARTS) is 1. The minimum Gasteiger partial charge on any atom is -0.477 e. The normalized spacial score (nSPS) is 19.3. The molecule has 2 atom stereocenters. The number of carbonyl (C=O) groups is 3. The van der Waals surface area contributed by atoms with E-state index in [2.05, 4.69) is 25.7 Å². The van der Waals surface area contributed by atoms with Crippen LogP contribution in [-0.4, -0.2) is 73.0 Å². The first-order chi connectivity index (χ1) is 17.9. The average Bonchev–Trinajstić information content (AvgIpc) is 3.57. The van der Waals surface area contributed by atoms with E-state index in [4.69, 9.17) is 15.0 Å². The molecule has 0 aliphatic carbocycles. The number of aliphatic carboxylic acids is 1. The molecule has 1 saturated heterocycles. The van der Waals surface area contributed by atoms with Gasteiger partial charge in [-0.15, -0.1) is 33.3 Å². The molecule has 0 saturated carbocycles. The minimum absolute atomic E-state index is 0.104. The Morgan fingerprint density at radius 1 is 1.46 bits per heavy atom. The van der Waals surface area contributed by atoms with Crippen LogP contribution in [0.4, 0.5) is 5.13 Å². The van der Waals surface area contributed by atoms with Gasteiger partial charge in [0, 0.05) is 22.8 Å². The lowest BCUT2D eigenvalue weighted by Gasteiger charge is -2.49. The second kappa shape index (κ2) is 9.98. The fraction of sp³-hybridized carbons (Fsp3) is 0.238. The van der Waals surface area contributed by atoms with Crippen LogP contribution in [0.3, 0.4) is 0 Å². The van der Waals surface area contributed by atoms with Gasteiger partial charge in [0.1, 0.15) is 35.5 Å². The van der Waals surface area contributed by atoms with E-state index in [1.807, 2.05) is 0 Å². The van der Waals surface area contributed by atoms with E-state index in [1.54, 1.807) is 34.5 Å². The Morgan fingerprint density at radius 2 is 2.30 bits per heavy atom. The number of hydrogen-bond acceptors (Lipinski definition) is 12. The molecule has 5 rings (SSSR count). The molecule has 3 aromatic rings. The van der Waals surface area contributed by atoms with Gasteiger partial charge in [-0.1, -0.05) is 5.16 Å². The topological polar surface area (TPSA) is 190 Å². The molecule has 37 heavy (non-hydrogen) atoms. The number of nitrogens with two attached hydrogens (primary N) is 1. The summed E-state index contributed by atoms with van der Waals surface area (Å²) >= 11 is 2.48. The number of fused-ring (bicyclic) bond motifs is 1. The van der Waals surface area contributed by atoms with E-state index in [0.717, 1.165) is 11.3 Å². The van der Waals surface area contributed by atoms with Crippen molar-refractivity contribution in [1.82, 2.24) is 25.4 Å². The van der Waals surface area contributed by atoms with E-state index in [9.17, 15) is 19.5 Å². The van der Waals surface area contributed by atoms with E-state index in [0.29, 0.717) is 22.8 Å². The van der Waals surface area contributed by atoms with Crippen molar-refractivity contribution in [2.75, 3.05) is 18.6 Å². The molecular weight excluding hydrogens is 524 g/mol. The Bertz CT molecular complexity index is 1440. The van der Waals surface area contributed by atoms with Crippen LogP contribution in [0.15, 0.2) is 57.1 Å². The molecule has 16 heteroatoms. The monoisotopic (exact) mass is 543 g/mol. The molecule has 2 aliphatic heterocycles.